The SMILES string of the molecule is Cc1ncc(-c2ccc(C)c(S(=O)(=O)NC3CCS(=O)(=O)C3)c2)o1. The second-order valence-corrected chi connectivity index (χ2v) is 9.86. The summed E-state index contributed by atoms with van der Waals surface area (Å²) in [5.74, 6) is 0.819. The Balaban J connectivity index is 1.92. The lowest BCUT2D eigenvalue weighted by Crippen LogP contribution is -2.35. The summed E-state index contributed by atoms with van der Waals surface area (Å²) >= 11 is 0. The second kappa shape index (κ2) is 5.98. The third-order valence-electron chi connectivity index (χ3n) is 3.94. The number of hydrogen-bond acceptors (Lipinski definition) is 6. The van der Waals surface area contributed by atoms with E-state index in [1.165, 1.54) is 12.3 Å². The highest BCUT2D eigenvalue weighted by molar-refractivity contribution is 7.92. The first-order chi connectivity index (χ1) is 11.2. The minimum Gasteiger partial charge on any atom is -0.441 e. The molecule has 2 aromatic rings. The Morgan fingerprint density at radius 1 is 1.29 bits per heavy atom. The highest BCUT2D eigenvalue weighted by Crippen LogP contribution is 2.26. The largest absolute Gasteiger partial charge is 0.441 e. The van der Waals surface area contributed by atoms with Crippen LogP contribution >= 0.6 is 0 Å². The third-order valence-corrected chi connectivity index (χ3v) is 7.37. The molecule has 0 aliphatic carbocycles. The van der Waals surface area contributed by atoms with E-state index in [0.29, 0.717) is 29.2 Å². The first kappa shape index (κ1) is 17.1. The van der Waals surface area contributed by atoms with Crippen LogP contribution in [0.2, 0.25) is 0 Å². The summed E-state index contributed by atoms with van der Waals surface area (Å²) in [4.78, 5) is 4.12. The van der Waals surface area contributed by atoms with Gasteiger partial charge in [0.15, 0.2) is 21.5 Å². The molecule has 1 saturated heterocycles. The average molecular weight is 370 g/mol. The van der Waals surface area contributed by atoms with E-state index in [1.54, 1.807) is 26.0 Å². The summed E-state index contributed by atoms with van der Waals surface area (Å²) in [5, 5.41) is 0. The number of aromatic nitrogens is 1. The zero-order valence-corrected chi connectivity index (χ0v) is 14.9. The molecule has 1 aromatic carbocycles. The van der Waals surface area contributed by atoms with Gasteiger partial charge in [-0.1, -0.05) is 12.1 Å². The molecule has 1 aromatic heterocycles. The van der Waals surface area contributed by atoms with E-state index in [1.807, 2.05) is 0 Å². The molecular weight excluding hydrogens is 352 g/mol. The van der Waals surface area contributed by atoms with Crippen molar-refractivity contribution in [3.8, 4) is 11.3 Å². The van der Waals surface area contributed by atoms with Crippen molar-refractivity contribution < 1.29 is 21.3 Å². The van der Waals surface area contributed by atoms with Crippen LogP contribution in [0.4, 0.5) is 0 Å². The molecule has 130 valence electrons. The van der Waals surface area contributed by atoms with Crippen molar-refractivity contribution in [1.29, 1.82) is 0 Å². The molecule has 1 atom stereocenters. The lowest BCUT2D eigenvalue weighted by molar-refractivity contribution is 0.534. The highest BCUT2D eigenvalue weighted by Gasteiger charge is 2.32. The van der Waals surface area contributed by atoms with E-state index in [2.05, 4.69) is 9.71 Å². The summed E-state index contributed by atoms with van der Waals surface area (Å²) in [7, 11) is -6.98. The van der Waals surface area contributed by atoms with Crippen LogP contribution in [0.3, 0.4) is 0 Å². The van der Waals surface area contributed by atoms with Crippen LogP contribution in [0.1, 0.15) is 17.9 Å². The Hall–Kier alpha value is -1.71. The van der Waals surface area contributed by atoms with Crippen LogP contribution in [0.25, 0.3) is 11.3 Å². The average Bonchev–Trinajstić information content (AvgIpc) is 3.04. The van der Waals surface area contributed by atoms with Crippen molar-refractivity contribution in [2.24, 2.45) is 0 Å². The maximum Gasteiger partial charge on any atom is 0.241 e. The molecule has 1 N–H and O–H groups in total. The van der Waals surface area contributed by atoms with Gasteiger partial charge in [-0.15, -0.1) is 0 Å². The number of sulfonamides is 1. The van der Waals surface area contributed by atoms with E-state index in [0.717, 1.165) is 0 Å². The summed E-state index contributed by atoms with van der Waals surface area (Å²) < 4.78 is 56.3. The van der Waals surface area contributed by atoms with E-state index in [4.69, 9.17) is 4.42 Å². The topological polar surface area (TPSA) is 106 Å². The van der Waals surface area contributed by atoms with E-state index < -0.39 is 25.9 Å². The van der Waals surface area contributed by atoms with Crippen LogP contribution < -0.4 is 4.72 Å². The van der Waals surface area contributed by atoms with Crippen molar-refractivity contribution in [2.75, 3.05) is 11.5 Å². The first-order valence-electron chi connectivity index (χ1n) is 7.42. The van der Waals surface area contributed by atoms with Crippen molar-refractivity contribution in [3.05, 3.63) is 35.9 Å². The molecule has 0 bridgehead atoms. The molecule has 2 heterocycles. The van der Waals surface area contributed by atoms with Crippen molar-refractivity contribution in [1.82, 2.24) is 9.71 Å². The number of oxazole rings is 1. The molecular formula is C15H18N2O5S2. The molecule has 1 unspecified atom stereocenters. The molecule has 7 nitrogen and oxygen atoms in total. The maximum atomic E-state index is 12.7. The molecule has 24 heavy (non-hydrogen) atoms. The van der Waals surface area contributed by atoms with Crippen LogP contribution in [0.5, 0.6) is 0 Å². The fraction of sp³-hybridized carbons (Fsp3) is 0.400. The minimum absolute atomic E-state index is 0.0105. The Morgan fingerprint density at radius 2 is 2.04 bits per heavy atom. The van der Waals surface area contributed by atoms with E-state index in [-0.39, 0.29) is 16.4 Å². The Labute approximate surface area is 141 Å². The summed E-state index contributed by atoms with van der Waals surface area (Å²) in [6, 6.07) is 4.37. The van der Waals surface area contributed by atoms with Gasteiger partial charge in [0, 0.05) is 18.5 Å². The number of nitrogens with zero attached hydrogens (tertiary/aromatic N) is 1. The molecule has 9 heteroatoms. The summed E-state index contributed by atoms with van der Waals surface area (Å²) in [6.45, 7) is 3.40. The van der Waals surface area contributed by atoms with Crippen molar-refractivity contribution >= 4 is 19.9 Å². The third kappa shape index (κ3) is 3.52. The van der Waals surface area contributed by atoms with E-state index in [9.17, 15) is 16.8 Å². The normalized spacial score (nSPS) is 20.3. The number of rotatable bonds is 4. The van der Waals surface area contributed by atoms with Gasteiger partial charge in [0.1, 0.15) is 0 Å². The predicted octanol–water partition coefficient (Wildman–Crippen LogP) is 1.42. The monoisotopic (exact) mass is 370 g/mol. The van der Waals surface area contributed by atoms with Gasteiger partial charge in [-0.3, -0.25) is 0 Å². The van der Waals surface area contributed by atoms with Gasteiger partial charge < -0.3 is 4.42 Å². The maximum absolute atomic E-state index is 12.7. The highest BCUT2D eigenvalue weighted by atomic mass is 32.2. The van der Waals surface area contributed by atoms with Crippen LogP contribution in [-0.2, 0) is 19.9 Å². The molecule has 1 fully saturated rings. The zero-order chi connectivity index (χ0) is 17.5. The Kier molecular flexibility index (Phi) is 4.27. The number of nitrogens with one attached hydrogen (secondary N) is 1. The van der Waals surface area contributed by atoms with Crippen molar-refractivity contribution in [2.45, 2.75) is 31.2 Å². The standard InChI is InChI=1S/C15H18N2O5S2/c1-10-3-4-12(14-8-16-11(2)22-14)7-15(10)24(20,21)17-13-5-6-23(18,19)9-13/h3-4,7-8,13,17H,5-6,9H2,1-2H3. The minimum atomic E-state index is -3.82. The molecule has 1 aliphatic rings. The van der Waals surface area contributed by atoms with Crippen LogP contribution in [0, 0.1) is 13.8 Å². The number of hydrogen-bond donors (Lipinski definition) is 1. The fourth-order valence-corrected chi connectivity index (χ4v) is 6.03. The van der Waals surface area contributed by atoms with Gasteiger partial charge in [-0.05, 0) is 25.0 Å². The first-order valence-corrected chi connectivity index (χ1v) is 10.7. The summed E-state index contributed by atoms with van der Waals surface area (Å²) in [5.41, 5.74) is 1.17. The van der Waals surface area contributed by atoms with Crippen LogP contribution in [0.15, 0.2) is 33.7 Å². The van der Waals surface area contributed by atoms with Crippen LogP contribution in [-0.4, -0.2) is 39.4 Å². The molecule has 0 radical (unpaired) electrons. The second-order valence-electron chi connectivity index (χ2n) is 5.95. The van der Waals surface area contributed by atoms with Gasteiger partial charge in [0.25, 0.3) is 0 Å². The van der Waals surface area contributed by atoms with Gasteiger partial charge in [-0.25, -0.2) is 26.5 Å². The smallest absolute Gasteiger partial charge is 0.241 e. The number of sulfone groups is 1. The number of benzene rings is 1. The Morgan fingerprint density at radius 3 is 2.62 bits per heavy atom. The molecule has 0 spiro atoms. The van der Waals surface area contributed by atoms with Gasteiger partial charge >= 0.3 is 0 Å². The fourth-order valence-electron chi connectivity index (χ4n) is 2.71. The van der Waals surface area contributed by atoms with Gasteiger partial charge in [-0.2, -0.15) is 0 Å². The van der Waals surface area contributed by atoms with Gasteiger partial charge in [0.05, 0.1) is 22.6 Å². The zero-order valence-electron chi connectivity index (χ0n) is 13.3. The molecule has 0 amide bonds. The van der Waals surface area contributed by atoms with E-state index >= 15 is 0 Å². The molecule has 3 rings (SSSR count). The molecule has 0 saturated carbocycles. The van der Waals surface area contributed by atoms with Gasteiger partial charge in [0.2, 0.25) is 10.0 Å². The Bertz CT molecular complexity index is 977. The quantitative estimate of drug-likeness (QED) is 0.872. The molecule has 1 aliphatic heterocycles. The predicted molar refractivity (Wildman–Crippen MR) is 88.8 cm³/mol. The number of aryl methyl sites for hydroxylation is 2. The lowest BCUT2D eigenvalue weighted by Gasteiger charge is -2.14. The lowest BCUT2D eigenvalue weighted by atomic mass is 10.1. The van der Waals surface area contributed by atoms with Crippen molar-refractivity contribution in [3.63, 3.8) is 0 Å². The summed E-state index contributed by atoms with van der Waals surface area (Å²) in [6.07, 6.45) is 1.83.